The van der Waals surface area contributed by atoms with Crippen molar-refractivity contribution >= 4 is 40.8 Å². The number of carbonyl (C=O) groups excluding carboxylic acids is 1. The molecule has 2 heterocycles. The van der Waals surface area contributed by atoms with E-state index in [0.717, 1.165) is 54.2 Å². The Morgan fingerprint density at radius 1 is 1.18 bits per heavy atom. The van der Waals surface area contributed by atoms with Crippen molar-refractivity contribution in [2.75, 3.05) is 41.7 Å². The van der Waals surface area contributed by atoms with Crippen LogP contribution in [0.3, 0.4) is 0 Å². The highest BCUT2D eigenvalue weighted by atomic mass is 35.5. The van der Waals surface area contributed by atoms with Crippen LogP contribution in [0.15, 0.2) is 41.4 Å². The second kappa shape index (κ2) is 9.98. The molecule has 0 bridgehead atoms. The van der Waals surface area contributed by atoms with Gasteiger partial charge in [-0.15, -0.1) is 10.2 Å². The Bertz CT molecular complexity index is 780. The van der Waals surface area contributed by atoms with E-state index in [1.807, 2.05) is 37.3 Å². The van der Waals surface area contributed by atoms with Gasteiger partial charge >= 0.3 is 0 Å². The first-order chi connectivity index (χ1) is 13.5. The maximum absolute atomic E-state index is 11.9. The number of anilines is 2. The highest BCUT2D eigenvalue weighted by molar-refractivity contribution is 7.99. The van der Waals surface area contributed by atoms with Crippen molar-refractivity contribution < 1.29 is 4.79 Å². The van der Waals surface area contributed by atoms with Crippen LogP contribution in [0.4, 0.5) is 11.5 Å². The molecule has 1 aromatic carbocycles. The average molecular weight is 420 g/mol. The minimum Gasteiger partial charge on any atom is -0.368 e. The van der Waals surface area contributed by atoms with E-state index >= 15 is 0 Å². The summed E-state index contributed by atoms with van der Waals surface area (Å²) in [6, 6.07) is 12.1. The van der Waals surface area contributed by atoms with Gasteiger partial charge in [0, 0.05) is 42.9 Å². The van der Waals surface area contributed by atoms with Crippen LogP contribution in [-0.2, 0) is 4.79 Å². The molecule has 0 unspecified atom stereocenters. The Morgan fingerprint density at radius 2 is 1.93 bits per heavy atom. The van der Waals surface area contributed by atoms with Crippen molar-refractivity contribution in [1.29, 1.82) is 0 Å². The molecule has 2 aromatic rings. The first-order valence-corrected chi connectivity index (χ1v) is 10.9. The Labute approximate surface area is 175 Å². The molecule has 1 atom stereocenters. The largest absolute Gasteiger partial charge is 0.368 e. The van der Waals surface area contributed by atoms with Gasteiger partial charge in [-0.1, -0.05) is 36.4 Å². The molecule has 1 N–H and O–H groups in total. The molecule has 1 aliphatic heterocycles. The molecule has 3 rings (SSSR count). The van der Waals surface area contributed by atoms with Crippen LogP contribution in [0.25, 0.3) is 0 Å². The van der Waals surface area contributed by atoms with Crippen molar-refractivity contribution in [3.8, 4) is 0 Å². The monoisotopic (exact) mass is 419 g/mol. The van der Waals surface area contributed by atoms with E-state index in [1.54, 1.807) is 0 Å². The molecule has 0 aliphatic carbocycles. The lowest BCUT2D eigenvalue weighted by molar-refractivity contribution is -0.119. The van der Waals surface area contributed by atoms with Gasteiger partial charge in [0.1, 0.15) is 5.03 Å². The fourth-order valence-electron chi connectivity index (χ4n) is 2.98. The predicted molar refractivity (Wildman–Crippen MR) is 117 cm³/mol. The summed E-state index contributed by atoms with van der Waals surface area (Å²) in [6.45, 7) is 7.64. The van der Waals surface area contributed by atoms with E-state index < -0.39 is 0 Å². The molecular formula is C20H26ClN5OS. The van der Waals surface area contributed by atoms with Crippen molar-refractivity contribution in [2.24, 2.45) is 0 Å². The third kappa shape index (κ3) is 5.75. The first-order valence-electron chi connectivity index (χ1n) is 9.56. The number of thioether (sulfide) groups is 1. The third-order valence-electron chi connectivity index (χ3n) is 4.77. The summed E-state index contributed by atoms with van der Waals surface area (Å²) in [6.07, 6.45) is 0.926. The zero-order valence-corrected chi connectivity index (χ0v) is 17.8. The normalized spacial score (nSPS) is 15.4. The summed E-state index contributed by atoms with van der Waals surface area (Å²) in [5.41, 5.74) is 1.15. The van der Waals surface area contributed by atoms with Gasteiger partial charge in [0.25, 0.3) is 0 Å². The van der Waals surface area contributed by atoms with Gasteiger partial charge in [-0.05, 0) is 43.7 Å². The Morgan fingerprint density at radius 3 is 2.57 bits per heavy atom. The van der Waals surface area contributed by atoms with Gasteiger partial charge in [-0.2, -0.15) is 0 Å². The van der Waals surface area contributed by atoms with Crippen LogP contribution in [0.2, 0.25) is 5.02 Å². The highest BCUT2D eigenvalue weighted by Gasteiger charge is 2.19. The first kappa shape index (κ1) is 20.7. The summed E-state index contributed by atoms with van der Waals surface area (Å²) < 4.78 is 0. The quantitative estimate of drug-likeness (QED) is 0.693. The molecule has 6 nitrogen and oxygen atoms in total. The molecule has 0 radical (unpaired) electrons. The highest BCUT2D eigenvalue weighted by Crippen LogP contribution is 2.23. The SMILES string of the molecule is CC[C@@H](C)NC(=O)CSc1ccc(N2CCN(c3cccc(Cl)c3)CC2)nn1. The summed E-state index contributed by atoms with van der Waals surface area (Å²) in [5.74, 6) is 1.26. The lowest BCUT2D eigenvalue weighted by atomic mass is 10.2. The smallest absolute Gasteiger partial charge is 0.230 e. The number of halogens is 1. The zero-order valence-electron chi connectivity index (χ0n) is 16.3. The minimum atomic E-state index is 0.0300. The van der Waals surface area contributed by atoms with Crippen molar-refractivity contribution in [2.45, 2.75) is 31.3 Å². The van der Waals surface area contributed by atoms with E-state index in [-0.39, 0.29) is 11.9 Å². The summed E-state index contributed by atoms with van der Waals surface area (Å²) >= 11 is 7.51. The lowest BCUT2D eigenvalue weighted by Crippen LogP contribution is -2.46. The molecular weight excluding hydrogens is 394 g/mol. The number of hydrogen-bond donors (Lipinski definition) is 1. The molecule has 150 valence electrons. The van der Waals surface area contributed by atoms with Gasteiger partial charge in [-0.3, -0.25) is 4.79 Å². The van der Waals surface area contributed by atoms with E-state index in [2.05, 4.69) is 38.3 Å². The van der Waals surface area contributed by atoms with Gasteiger partial charge in [0.15, 0.2) is 5.82 Å². The van der Waals surface area contributed by atoms with Crippen molar-refractivity contribution in [3.63, 3.8) is 0 Å². The number of amides is 1. The number of benzene rings is 1. The summed E-state index contributed by atoms with van der Waals surface area (Å²) in [4.78, 5) is 16.4. The van der Waals surface area contributed by atoms with E-state index in [9.17, 15) is 4.79 Å². The van der Waals surface area contributed by atoms with Crippen LogP contribution in [0.1, 0.15) is 20.3 Å². The summed E-state index contributed by atoms with van der Waals surface area (Å²) in [5, 5.41) is 13.1. The Kier molecular flexibility index (Phi) is 7.39. The molecule has 1 aromatic heterocycles. The number of rotatable bonds is 7. The predicted octanol–water partition coefficient (Wildman–Crippen LogP) is 3.46. The second-order valence-electron chi connectivity index (χ2n) is 6.85. The van der Waals surface area contributed by atoms with Crippen LogP contribution >= 0.6 is 23.4 Å². The molecule has 1 saturated heterocycles. The fraction of sp³-hybridized carbons (Fsp3) is 0.450. The van der Waals surface area contributed by atoms with Crippen LogP contribution in [-0.4, -0.2) is 54.1 Å². The number of carbonyl (C=O) groups is 1. The lowest BCUT2D eigenvalue weighted by Gasteiger charge is -2.36. The van der Waals surface area contributed by atoms with Gasteiger partial charge in [0.05, 0.1) is 5.75 Å². The van der Waals surface area contributed by atoms with Gasteiger partial charge in [0.2, 0.25) is 5.91 Å². The molecule has 0 saturated carbocycles. The van der Waals surface area contributed by atoms with Crippen LogP contribution in [0.5, 0.6) is 0 Å². The van der Waals surface area contributed by atoms with Gasteiger partial charge < -0.3 is 15.1 Å². The molecule has 1 amide bonds. The zero-order chi connectivity index (χ0) is 19.9. The standard InChI is InChI=1S/C20H26ClN5OS/c1-3-15(2)22-19(27)14-28-20-8-7-18(23-24-20)26-11-9-25(10-12-26)17-6-4-5-16(21)13-17/h4-8,13,15H,3,9-12,14H2,1-2H3,(H,22,27)/t15-/m1/s1. The van der Waals surface area contributed by atoms with Crippen molar-refractivity contribution in [1.82, 2.24) is 15.5 Å². The van der Waals surface area contributed by atoms with E-state index in [4.69, 9.17) is 11.6 Å². The number of piperazine rings is 1. The molecule has 1 aliphatic rings. The fourth-order valence-corrected chi connectivity index (χ4v) is 3.79. The maximum atomic E-state index is 11.9. The number of nitrogens with zero attached hydrogens (tertiary/aromatic N) is 4. The van der Waals surface area contributed by atoms with Gasteiger partial charge in [-0.25, -0.2) is 0 Å². The third-order valence-corrected chi connectivity index (χ3v) is 5.93. The van der Waals surface area contributed by atoms with Crippen LogP contribution < -0.4 is 15.1 Å². The molecule has 28 heavy (non-hydrogen) atoms. The topological polar surface area (TPSA) is 61.4 Å². The Hall–Kier alpha value is -1.99. The second-order valence-corrected chi connectivity index (χ2v) is 8.28. The number of hydrogen-bond acceptors (Lipinski definition) is 6. The summed E-state index contributed by atoms with van der Waals surface area (Å²) in [7, 11) is 0. The van der Waals surface area contributed by atoms with E-state index in [1.165, 1.54) is 11.8 Å². The maximum Gasteiger partial charge on any atom is 0.230 e. The van der Waals surface area contributed by atoms with Crippen LogP contribution in [0, 0.1) is 0 Å². The van der Waals surface area contributed by atoms with Crippen molar-refractivity contribution in [3.05, 3.63) is 41.4 Å². The minimum absolute atomic E-state index is 0.0300. The van der Waals surface area contributed by atoms with E-state index in [0.29, 0.717) is 5.75 Å². The number of nitrogens with one attached hydrogen (secondary N) is 1. The molecule has 1 fully saturated rings. The number of aromatic nitrogens is 2. The molecule has 0 spiro atoms. The Balaban J connectivity index is 1.48. The average Bonchev–Trinajstić information content (AvgIpc) is 2.72. The molecule has 8 heteroatoms.